The van der Waals surface area contributed by atoms with Gasteiger partial charge in [-0.25, -0.2) is 4.58 Å². The fraction of sp³-hybridized carbons (Fsp3) is 0.333. The molecule has 0 radical (unpaired) electrons. The minimum Gasteiger partial charge on any atom is -0.395 e. The molecule has 0 spiro atoms. The average molecular weight is 875 g/mol. The number of aldehydes is 2. The number of likely N-dealkylation sites (N-methyl/N-ethyl adjacent to an activating group) is 1. The van der Waals surface area contributed by atoms with Gasteiger partial charge in [-0.3, -0.25) is 9.59 Å². The van der Waals surface area contributed by atoms with E-state index in [1.807, 2.05) is 101 Å². The zero-order valence-corrected chi connectivity index (χ0v) is 36.1. The minimum atomic E-state index is -0.740. The molecular weight excluding hydrogens is 817 g/mol. The molecule has 61 heavy (non-hydrogen) atoms. The largest absolute Gasteiger partial charge is 0.395 e. The number of hydrogen-bond acceptors (Lipinski definition) is 12. The lowest BCUT2D eigenvalue weighted by Crippen LogP contribution is -2.46. The number of aromatic nitrogens is 1. The van der Waals surface area contributed by atoms with Crippen molar-refractivity contribution in [3.05, 3.63) is 120 Å². The summed E-state index contributed by atoms with van der Waals surface area (Å²) in [5.41, 5.74) is 5.49. The molecule has 2 amide bonds. The van der Waals surface area contributed by atoms with E-state index in [1.165, 1.54) is 21.6 Å². The second-order valence-corrected chi connectivity index (χ2v) is 16.2. The maximum atomic E-state index is 12.7. The van der Waals surface area contributed by atoms with Crippen molar-refractivity contribution in [1.29, 1.82) is 0 Å². The summed E-state index contributed by atoms with van der Waals surface area (Å²) < 4.78 is 3.39. The van der Waals surface area contributed by atoms with Crippen LogP contribution in [-0.4, -0.2) is 145 Å². The number of aliphatic hydroxyl groups is 4. The summed E-state index contributed by atoms with van der Waals surface area (Å²) in [7, 11) is 4.37. The summed E-state index contributed by atoms with van der Waals surface area (Å²) in [6.07, 6.45) is 17.9. The maximum Gasteiger partial charge on any atom is 0.286 e. The molecule has 0 saturated carbocycles. The van der Waals surface area contributed by atoms with Crippen molar-refractivity contribution in [2.24, 2.45) is 0 Å². The first-order valence-corrected chi connectivity index (χ1v) is 22.2. The highest BCUT2D eigenvalue weighted by atomic mass is 33.1. The normalized spacial score (nSPS) is 12.9. The molecule has 0 aliphatic carbocycles. The summed E-state index contributed by atoms with van der Waals surface area (Å²) in [6.45, 7) is 5.61. The van der Waals surface area contributed by atoms with E-state index in [9.17, 15) is 39.6 Å². The van der Waals surface area contributed by atoms with Crippen LogP contribution in [0.4, 0.5) is 11.4 Å². The predicted octanol–water partition coefficient (Wildman–Crippen LogP) is 2.01. The summed E-state index contributed by atoms with van der Waals surface area (Å²) in [4.78, 5) is 52.7. The molecule has 6 N–H and O–H groups in total. The summed E-state index contributed by atoms with van der Waals surface area (Å²) in [5.74, 6) is -0.117. The second kappa shape index (κ2) is 29.0. The van der Waals surface area contributed by atoms with E-state index in [-0.39, 0.29) is 62.8 Å². The predicted molar refractivity (Wildman–Crippen MR) is 247 cm³/mol. The summed E-state index contributed by atoms with van der Waals surface area (Å²) in [6, 6.07) is 17.8. The van der Waals surface area contributed by atoms with Crippen LogP contribution in [0.5, 0.6) is 0 Å². The quantitative estimate of drug-likeness (QED) is 0.0149. The number of rotatable bonds is 29. The highest BCUT2D eigenvalue weighted by Crippen LogP contribution is 2.22. The van der Waals surface area contributed by atoms with E-state index in [0.29, 0.717) is 38.8 Å². The first-order chi connectivity index (χ1) is 29.6. The number of pyridine rings is 1. The van der Waals surface area contributed by atoms with Crippen LogP contribution in [0.2, 0.25) is 0 Å². The van der Waals surface area contributed by atoms with E-state index >= 15 is 0 Å². The molecule has 2 unspecified atom stereocenters. The summed E-state index contributed by atoms with van der Waals surface area (Å²) >= 11 is 0. The summed E-state index contributed by atoms with van der Waals surface area (Å²) in [5, 5.41) is 42.6. The number of anilines is 2. The third-order valence-corrected chi connectivity index (χ3v) is 11.4. The number of carbonyl (C=O) groups is 4. The van der Waals surface area contributed by atoms with Crippen molar-refractivity contribution in [3.63, 3.8) is 0 Å². The molecule has 0 aliphatic heterocycles. The average Bonchev–Trinajstić information content (AvgIpc) is 3.27. The maximum absolute atomic E-state index is 12.7. The van der Waals surface area contributed by atoms with E-state index in [0.717, 1.165) is 33.6 Å². The number of aliphatic hydroxyl groups excluding tert-OH is 4. The first kappa shape index (κ1) is 50.0. The number of hydrogen-bond donors (Lipinski definition) is 6. The van der Waals surface area contributed by atoms with Crippen LogP contribution < -0.4 is 25.0 Å². The Morgan fingerprint density at radius 3 is 1.59 bits per heavy atom. The Morgan fingerprint density at radius 1 is 0.705 bits per heavy atom. The highest BCUT2D eigenvalue weighted by Gasteiger charge is 2.18. The van der Waals surface area contributed by atoms with Gasteiger partial charge in [0.25, 0.3) is 11.8 Å². The van der Waals surface area contributed by atoms with Crippen molar-refractivity contribution in [3.8, 4) is 0 Å². The van der Waals surface area contributed by atoms with Gasteiger partial charge in [-0.2, -0.15) is 4.57 Å². The lowest BCUT2D eigenvalue weighted by Gasteiger charge is -2.22. The molecule has 2 atom stereocenters. The van der Waals surface area contributed by atoms with Gasteiger partial charge in [0.15, 0.2) is 18.6 Å². The Kier molecular flexibility index (Phi) is 23.8. The number of nitrogens with zero attached hydrogens (tertiary/aromatic N) is 4. The lowest BCUT2D eigenvalue weighted by molar-refractivity contribution is -0.684. The van der Waals surface area contributed by atoms with Gasteiger partial charge in [-0.05, 0) is 46.5 Å². The molecule has 0 bridgehead atoms. The van der Waals surface area contributed by atoms with Gasteiger partial charge >= 0.3 is 0 Å². The van der Waals surface area contributed by atoms with Crippen molar-refractivity contribution in [2.45, 2.75) is 18.6 Å². The highest BCUT2D eigenvalue weighted by molar-refractivity contribution is 8.76. The molecule has 16 heteroatoms. The topological polar surface area (TPSA) is 187 Å². The van der Waals surface area contributed by atoms with Crippen molar-refractivity contribution >= 4 is 81.8 Å². The number of allylic oxidation sites excluding steroid dienone is 4. The van der Waals surface area contributed by atoms with Crippen LogP contribution in [0.3, 0.4) is 0 Å². The molecule has 1 heterocycles. The van der Waals surface area contributed by atoms with Gasteiger partial charge in [-0.1, -0.05) is 82.8 Å². The Hall–Kier alpha value is -5.36. The Bertz CT molecular complexity index is 1930. The van der Waals surface area contributed by atoms with Gasteiger partial charge in [0, 0.05) is 67.3 Å². The number of amides is 2. The van der Waals surface area contributed by atoms with Gasteiger partial charge < -0.3 is 50.4 Å². The van der Waals surface area contributed by atoms with Crippen LogP contribution >= 0.6 is 21.6 Å². The van der Waals surface area contributed by atoms with E-state index in [4.69, 9.17) is 0 Å². The van der Waals surface area contributed by atoms with E-state index < -0.39 is 12.1 Å². The van der Waals surface area contributed by atoms with E-state index in [2.05, 4.69) is 17.2 Å². The van der Waals surface area contributed by atoms with Crippen LogP contribution in [0.1, 0.15) is 16.7 Å². The van der Waals surface area contributed by atoms with Gasteiger partial charge in [0.1, 0.15) is 19.6 Å². The SMILES string of the molecule is C=CC(/C=C/c1ccc(N(CCO)CCO)cc1)=C\C=[N+](/C)CC(=O)NC(C=O)CSSCC(C=O)NC(=O)C[n+]1ccc(/C=C/c2ccc(N(CCO)CCO)cc2)cc1. The third kappa shape index (κ3) is 19.3. The fourth-order valence-corrected chi connectivity index (χ4v) is 7.98. The minimum absolute atomic E-state index is 0.000715. The van der Waals surface area contributed by atoms with Crippen LogP contribution in [0.25, 0.3) is 18.2 Å². The Labute approximate surface area is 366 Å². The molecule has 0 aliphatic rings. The molecule has 0 fully saturated rings. The number of carbonyl (C=O) groups excluding carboxylic acids is 4. The molecule has 14 nitrogen and oxygen atoms in total. The standard InChI is InChI=1S/C45H56N6O8S2/c1-3-36(4-5-37-8-12-42(13-9-37)50(22-26-52)23-27-53)16-19-48(2)30-44(58)46-40(32-56)34-60-61-35-41(33-57)47-45(59)31-49-20-17-39(18-21-49)7-6-38-10-14-43(15-11-38)51(24-28-54)25-29-55/h3-21,32-33,40-41,52-55H,1,22-31,34-35H2,2H3/p+2. The molecule has 0 saturated heterocycles. The molecular formula is C45H58N6O8S2+2. The molecule has 326 valence electrons. The van der Waals surface area contributed by atoms with Crippen molar-refractivity contribution in [1.82, 2.24) is 10.6 Å². The van der Waals surface area contributed by atoms with Crippen LogP contribution in [0.15, 0.2) is 103 Å². The number of benzene rings is 2. The van der Waals surface area contributed by atoms with Gasteiger partial charge in [0.2, 0.25) is 13.1 Å². The third-order valence-electron chi connectivity index (χ3n) is 8.93. The van der Waals surface area contributed by atoms with Crippen LogP contribution in [0, 0.1) is 0 Å². The second-order valence-electron chi connectivity index (χ2n) is 13.6. The van der Waals surface area contributed by atoms with Gasteiger partial charge in [0.05, 0.1) is 38.5 Å². The van der Waals surface area contributed by atoms with E-state index in [1.54, 1.807) is 40.9 Å². The monoisotopic (exact) mass is 874 g/mol. The lowest BCUT2D eigenvalue weighted by atomic mass is 10.1. The zero-order valence-electron chi connectivity index (χ0n) is 34.5. The first-order valence-electron chi connectivity index (χ1n) is 19.7. The van der Waals surface area contributed by atoms with Gasteiger partial charge in [-0.15, -0.1) is 0 Å². The van der Waals surface area contributed by atoms with Crippen molar-refractivity contribution in [2.75, 3.05) is 87.5 Å². The Balaban J connectivity index is 1.39. The fourth-order valence-electron chi connectivity index (χ4n) is 5.71. The van der Waals surface area contributed by atoms with Crippen molar-refractivity contribution < 1.29 is 48.7 Å². The smallest absolute Gasteiger partial charge is 0.286 e. The molecule has 3 aromatic rings. The van der Waals surface area contributed by atoms with Crippen LogP contribution in [-0.2, 0) is 25.7 Å². The zero-order chi connectivity index (χ0) is 44.2. The molecule has 3 rings (SSSR count). The molecule has 2 aromatic carbocycles. The number of nitrogens with one attached hydrogen (secondary N) is 2. The molecule has 1 aromatic heterocycles. The Morgan fingerprint density at radius 2 is 1.15 bits per heavy atom.